The molecule has 1 spiro atoms. The first-order valence-corrected chi connectivity index (χ1v) is 20.2. The zero-order valence-electron chi connectivity index (χ0n) is 31.3. The van der Waals surface area contributed by atoms with Gasteiger partial charge in [0.2, 0.25) is 0 Å². The third kappa shape index (κ3) is 4.56. The molecule has 12 rings (SSSR count). The van der Waals surface area contributed by atoms with Crippen LogP contribution in [0.3, 0.4) is 0 Å². The van der Waals surface area contributed by atoms with Gasteiger partial charge in [0.15, 0.2) is 0 Å². The lowest BCUT2D eigenvalue weighted by Gasteiger charge is -2.36. The van der Waals surface area contributed by atoms with Gasteiger partial charge in [0, 0.05) is 38.3 Å². The lowest BCUT2D eigenvalue weighted by atomic mass is 9.68. The summed E-state index contributed by atoms with van der Waals surface area (Å²) in [7, 11) is 0. The fourth-order valence-electron chi connectivity index (χ4n) is 10.6. The van der Waals surface area contributed by atoms with Crippen molar-refractivity contribution in [2.75, 3.05) is 0 Å². The molecule has 0 unspecified atom stereocenters. The van der Waals surface area contributed by atoms with Crippen molar-refractivity contribution in [1.29, 1.82) is 0 Å². The lowest BCUT2D eigenvalue weighted by Crippen LogP contribution is -2.27. The van der Waals surface area contributed by atoms with Crippen molar-refractivity contribution in [3.8, 4) is 44.8 Å². The Morgan fingerprint density at radius 1 is 0.321 bits per heavy atom. The van der Waals surface area contributed by atoms with E-state index in [-0.39, 0.29) is 5.41 Å². The van der Waals surface area contributed by atoms with E-state index < -0.39 is 0 Å². The number of rotatable bonds is 4. The molecule has 8 aromatic carbocycles. The molecular formula is C54H40N2. The Bertz CT molecular complexity index is 3160. The summed E-state index contributed by atoms with van der Waals surface area (Å²) in [5, 5.41) is 5.19. The second-order valence-corrected chi connectivity index (χ2v) is 16.0. The molecule has 56 heavy (non-hydrogen) atoms. The average molecular weight is 717 g/mol. The van der Waals surface area contributed by atoms with E-state index in [4.69, 9.17) is 0 Å². The third-order valence-corrected chi connectivity index (χ3v) is 13.1. The van der Waals surface area contributed by atoms with Gasteiger partial charge in [0.25, 0.3) is 0 Å². The Morgan fingerprint density at radius 3 is 1.80 bits per heavy atom. The van der Waals surface area contributed by atoms with Crippen molar-refractivity contribution in [3.63, 3.8) is 0 Å². The van der Waals surface area contributed by atoms with Gasteiger partial charge in [0.1, 0.15) is 0 Å². The number of aromatic nitrogens is 2. The van der Waals surface area contributed by atoms with Gasteiger partial charge in [-0.2, -0.15) is 0 Å². The molecule has 0 atom stereocenters. The van der Waals surface area contributed by atoms with Crippen LogP contribution >= 0.6 is 0 Å². The maximum atomic E-state index is 2.59. The number of hydrogen-bond donors (Lipinski definition) is 0. The third-order valence-electron chi connectivity index (χ3n) is 13.1. The fraction of sp³-hybridized carbons (Fsp3) is 0.111. The largest absolute Gasteiger partial charge is 0.309 e. The molecule has 2 aromatic heterocycles. The minimum absolute atomic E-state index is 0.122. The van der Waals surface area contributed by atoms with E-state index >= 15 is 0 Å². The first kappa shape index (κ1) is 31.7. The lowest BCUT2D eigenvalue weighted by molar-refractivity contribution is 0.353. The second kappa shape index (κ2) is 12.2. The molecule has 0 N–H and O–H groups in total. The molecule has 0 radical (unpaired) electrons. The first-order chi connectivity index (χ1) is 27.7. The van der Waals surface area contributed by atoms with E-state index in [1.807, 2.05) is 0 Å². The van der Waals surface area contributed by atoms with E-state index in [2.05, 4.69) is 191 Å². The van der Waals surface area contributed by atoms with Crippen LogP contribution in [-0.4, -0.2) is 9.13 Å². The number of para-hydroxylation sites is 2. The molecule has 2 aliphatic carbocycles. The summed E-state index contributed by atoms with van der Waals surface area (Å²) in [6.45, 7) is 0. The monoisotopic (exact) mass is 716 g/mol. The van der Waals surface area contributed by atoms with E-state index in [0.29, 0.717) is 0 Å². The predicted octanol–water partition coefficient (Wildman–Crippen LogP) is 14.4. The van der Waals surface area contributed by atoms with Crippen molar-refractivity contribution in [2.45, 2.75) is 37.5 Å². The van der Waals surface area contributed by atoms with Gasteiger partial charge in [0.05, 0.1) is 22.1 Å². The van der Waals surface area contributed by atoms with Crippen LogP contribution in [0.5, 0.6) is 0 Å². The molecular weight excluding hydrogens is 677 g/mol. The molecule has 2 heterocycles. The molecule has 1 saturated carbocycles. The van der Waals surface area contributed by atoms with Crippen LogP contribution in [0.15, 0.2) is 182 Å². The minimum Gasteiger partial charge on any atom is -0.309 e. The number of hydrogen-bond acceptors (Lipinski definition) is 0. The number of nitrogens with zero attached hydrogens (tertiary/aromatic N) is 2. The molecule has 0 saturated heterocycles. The standard InChI is InChI=1S/C54H40N2/c1-4-15-36(16-5-1)37-17-14-20-41(31-37)56-50-24-11-9-22-43(50)46-32-38(26-28-51(46)56)39-25-27-44-47-34-49-45(35-53(47)55(52(44)33-39)40-18-6-2-7-19-40)42-21-8-10-23-48(42)54(49)29-12-3-13-30-54/h1-2,4-11,14-28,31-35H,3,12-13,29-30H2. The van der Waals surface area contributed by atoms with Crippen molar-refractivity contribution in [3.05, 3.63) is 193 Å². The van der Waals surface area contributed by atoms with Gasteiger partial charge < -0.3 is 9.13 Å². The summed E-state index contributed by atoms with van der Waals surface area (Å²) < 4.78 is 4.93. The molecule has 2 nitrogen and oxygen atoms in total. The fourth-order valence-corrected chi connectivity index (χ4v) is 10.6. The first-order valence-electron chi connectivity index (χ1n) is 20.2. The maximum absolute atomic E-state index is 2.59. The summed E-state index contributed by atoms with van der Waals surface area (Å²) in [4.78, 5) is 0. The Balaban J connectivity index is 1.06. The summed E-state index contributed by atoms with van der Waals surface area (Å²) in [6, 6.07) is 68.0. The van der Waals surface area contributed by atoms with Crippen molar-refractivity contribution in [2.24, 2.45) is 0 Å². The Morgan fingerprint density at radius 2 is 0.929 bits per heavy atom. The van der Waals surface area contributed by atoms with Gasteiger partial charge in [-0.25, -0.2) is 0 Å². The SMILES string of the molecule is c1ccc(-c2cccc(-n3c4ccccc4c4cc(-c5ccc6c7cc8c(cc7n(-c7ccccc7)c6c5)-c5ccccc5C85CCCCC5)ccc43)c2)cc1. The Labute approximate surface area is 326 Å². The van der Waals surface area contributed by atoms with Gasteiger partial charge in [-0.05, 0) is 118 Å². The zero-order chi connectivity index (χ0) is 36.8. The van der Waals surface area contributed by atoms with Gasteiger partial charge >= 0.3 is 0 Å². The van der Waals surface area contributed by atoms with Crippen LogP contribution in [0.4, 0.5) is 0 Å². The van der Waals surface area contributed by atoms with E-state index in [0.717, 1.165) is 0 Å². The van der Waals surface area contributed by atoms with Crippen molar-refractivity contribution >= 4 is 43.6 Å². The summed E-state index contributed by atoms with van der Waals surface area (Å²) in [6.07, 6.45) is 6.40. The highest BCUT2D eigenvalue weighted by Gasteiger charge is 2.44. The smallest absolute Gasteiger partial charge is 0.0547 e. The van der Waals surface area contributed by atoms with E-state index in [1.54, 1.807) is 11.1 Å². The van der Waals surface area contributed by atoms with Crippen LogP contribution in [-0.2, 0) is 5.41 Å². The molecule has 0 amide bonds. The number of benzene rings is 8. The highest BCUT2D eigenvalue weighted by atomic mass is 15.0. The Hall–Kier alpha value is -6.64. The maximum Gasteiger partial charge on any atom is 0.0547 e. The summed E-state index contributed by atoms with van der Waals surface area (Å²) in [5.41, 5.74) is 18.3. The summed E-state index contributed by atoms with van der Waals surface area (Å²) in [5.74, 6) is 0. The van der Waals surface area contributed by atoms with E-state index in [9.17, 15) is 0 Å². The molecule has 0 bridgehead atoms. The quantitative estimate of drug-likeness (QED) is 0.172. The number of fused-ring (bicyclic) bond motifs is 11. The molecule has 10 aromatic rings. The highest BCUT2D eigenvalue weighted by Crippen LogP contribution is 2.57. The van der Waals surface area contributed by atoms with Gasteiger partial charge in [-0.1, -0.05) is 141 Å². The predicted molar refractivity (Wildman–Crippen MR) is 235 cm³/mol. The van der Waals surface area contributed by atoms with Gasteiger partial charge in [-0.3, -0.25) is 0 Å². The van der Waals surface area contributed by atoms with Crippen LogP contribution < -0.4 is 0 Å². The topological polar surface area (TPSA) is 9.86 Å². The highest BCUT2D eigenvalue weighted by molar-refractivity contribution is 6.13. The van der Waals surface area contributed by atoms with E-state index in [1.165, 1.54) is 120 Å². The van der Waals surface area contributed by atoms with Crippen molar-refractivity contribution < 1.29 is 0 Å². The van der Waals surface area contributed by atoms with Crippen LogP contribution in [0.1, 0.15) is 43.2 Å². The molecule has 2 aliphatic rings. The van der Waals surface area contributed by atoms with Crippen LogP contribution in [0.25, 0.3) is 88.4 Å². The molecule has 2 heteroatoms. The molecule has 0 aliphatic heterocycles. The zero-order valence-corrected chi connectivity index (χ0v) is 31.3. The second-order valence-electron chi connectivity index (χ2n) is 16.0. The summed E-state index contributed by atoms with van der Waals surface area (Å²) >= 11 is 0. The van der Waals surface area contributed by atoms with Crippen molar-refractivity contribution in [1.82, 2.24) is 9.13 Å². The van der Waals surface area contributed by atoms with Crippen LogP contribution in [0.2, 0.25) is 0 Å². The Kier molecular flexibility index (Phi) is 6.89. The van der Waals surface area contributed by atoms with Crippen LogP contribution in [0, 0.1) is 0 Å². The van der Waals surface area contributed by atoms with Gasteiger partial charge in [-0.15, -0.1) is 0 Å². The normalized spacial score (nSPS) is 14.6. The minimum atomic E-state index is 0.122. The average Bonchev–Trinajstić information content (AvgIpc) is 3.87. The molecule has 1 fully saturated rings. The molecule has 266 valence electrons.